The Balaban J connectivity index is 2.93. The average Bonchev–Trinajstić information content (AvgIpc) is 2.14. The van der Waals surface area contributed by atoms with E-state index in [4.69, 9.17) is 4.74 Å². The monoisotopic (exact) mass is 231 g/mol. The summed E-state index contributed by atoms with van der Waals surface area (Å²) in [6.07, 6.45) is 1.07. The van der Waals surface area contributed by atoms with Gasteiger partial charge in [-0.15, -0.1) is 0 Å². The van der Waals surface area contributed by atoms with Gasteiger partial charge in [-0.25, -0.2) is 18.4 Å². The molecule has 0 aliphatic heterocycles. The van der Waals surface area contributed by atoms with E-state index in [1.54, 1.807) is 6.92 Å². The lowest BCUT2D eigenvalue weighted by molar-refractivity contribution is 0.112. The standard InChI is InChI=1S/C8H12N2O4S/c1-6(14-2)8-9-4-3-7(10-8)5-15(11,12)13/h3-4,6H,5H2,1-2H3,(H,11,12,13)/p-1/t6-/m1/s1. The van der Waals surface area contributed by atoms with Gasteiger partial charge in [0.15, 0.2) is 5.82 Å². The fraction of sp³-hybridized carbons (Fsp3) is 0.500. The minimum absolute atomic E-state index is 0.180. The predicted molar refractivity (Wildman–Crippen MR) is 50.9 cm³/mol. The van der Waals surface area contributed by atoms with Crippen molar-refractivity contribution in [3.05, 3.63) is 23.8 Å². The third kappa shape index (κ3) is 3.90. The zero-order valence-electron chi connectivity index (χ0n) is 8.37. The fourth-order valence-electron chi connectivity index (χ4n) is 0.976. The number of hydrogen-bond acceptors (Lipinski definition) is 6. The van der Waals surface area contributed by atoms with Crippen LogP contribution in [0.2, 0.25) is 0 Å². The first-order valence-electron chi connectivity index (χ1n) is 4.20. The molecular formula is C8H11N2O4S-. The van der Waals surface area contributed by atoms with E-state index < -0.39 is 15.9 Å². The second kappa shape index (κ2) is 4.65. The molecule has 7 heteroatoms. The zero-order valence-corrected chi connectivity index (χ0v) is 9.19. The van der Waals surface area contributed by atoms with E-state index in [2.05, 4.69) is 9.97 Å². The van der Waals surface area contributed by atoms with Crippen LogP contribution in [0.25, 0.3) is 0 Å². The first kappa shape index (κ1) is 12.0. The average molecular weight is 231 g/mol. The van der Waals surface area contributed by atoms with E-state index in [1.807, 2.05) is 0 Å². The van der Waals surface area contributed by atoms with Gasteiger partial charge < -0.3 is 9.29 Å². The first-order valence-corrected chi connectivity index (χ1v) is 5.78. The normalized spacial score (nSPS) is 13.8. The van der Waals surface area contributed by atoms with Gasteiger partial charge in [0, 0.05) is 13.3 Å². The van der Waals surface area contributed by atoms with Crippen LogP contribution >= 0.6 is 0 Å². The minimum atomic E-state index is -4.31. The molecule has 6 nitrogen and oxygen atoms in total. The van der Waals surface area contributed by atoms with Crippen molar-refractivity contribution in [2.45, 2.75) is 18.8 Å². The molecule has 0 aliphatic rings. The molecule has 84 valence electrons. The van der Waals surface area contributed by atoms with Crippen molar-refractivity contribution in [1.29, 1.82) is 0 Å². The predicted octanol–water partition coefficient (Wildman–Crippen LogP) is 0.229. The molecular weight excluding hydrogens is 220 g/mol. The quantitative estimate of drug-likeness (QED) is 0.689. The Labute approximate surface area is 88.1 Å². The summed E-state index contributed by atoms with van der Waals surface area (Å²) in [5, 5.41) is 0. The van der Waals surface area contributed by atoms with Crippen molar-refractivity contribution in [2.24, 2.45) is 0 Å². The Kier molecular flexibility index (Phi) is 3.72. The van der Waals surface area contributed by atoms with Gasteiger partial charge in [-0.2, -0.15) is 0 Å². The van der Waals surface area contributed by atoms with Crippen LogP contribution < -0.4 is 0 Å². The first-order chi connectivity index (χ1) is 6.92. The molecule has 1 atom stereocenters. The number of methoxy groups -OCH3 is 1. The van der Waals surface area contributed by atoms with Crippen molar-refractivity contribution >= 4 is 10.1 Å². The van der Waals surface area contributed by atoms with Crippen molar-refractivity contribution in [3.8, 4) is 0 Å². The molecule has 0 unspecified atom stereocenters. The Morgan fingerprint density at radius 3 is 2.80 bits per heavy atom. The summed E-state index contributed by atoms with van der Waals surface area (Å²) in [6, 6.07) is 1.39. The highest BCUT2D eigenvalue weighted by Crippen LogP contribution is 2.11. The fourth-order valence-corrected chi connectivity index (χ4v) is 1.50. The third-order valence-electron chi connectivity index (χ3n) is 1.77. The van der Waals surface area contributed by atoms with Gasteiger partial charge in [-0.05, 0) is 13.0 Å². The molecule has 1 rings (SSSR count). The molecule has 0 fully saturated rings. The SMILES string of the molecule is CO[C@H](C)c1nccc(CS(=O)(=O)[O-])n1. The van der Waals surface area contributed by atoms with Crippen molar-refractivity contribution in [1.82, 2.24) is 9.97 Å². The molecule has 0 saturated carbocycles. The maximum atomic E-state index is 10.5. The molecule has 0 saturated heterocycles. The summed E-state index contributed by atoms with van der Waals surface area (Å²) in [7, 11) is -2.82. The smallest absolute Gasteiger partial charge is 0.157 e. The number of hydrogen-bond donors (Lipinski definition) is 0. The van der Waals surface area contributed by atoms with Crippen LogP contribution in [-0.2, 0) is 20.6 Å². The summed E-state index contributed by atoms with van der Waals surface area (Å²) >= 11 is 0. The van der Waals surface area contributed by atoms with Crippen LogP contribution in [0.5, 0.6) is 0 Å². The molecule has 0 amide bonds. The Morgan fingerprint density at radius 1 is 1.60 bits per heavy atom. The Hall–Kier alpha value is -1.05. The molecule has 0 aliphatic carbocycles. The van der Waals surface area contributed by atoms with Gasteiger partial charge in [-0.3, -0.25) is 0 Å². The molecule has 0 bridgehead atoms. The molecule has 0 spiro atoms. The largest absolute Gasteiger partial charge is 0.748 e. The van der Waals surface area contributed by atoms with Crippen molar-refractivity contribution in [3.63, 3.8) is 0 Å². The van der Waals surface area contributed by atoms with Crippen molar-refractivity contribution < 1.29 is 17.7 Å². The van der Waals surface area contributed by atoms with Gasteiger partial charge in [0.2, 0.25) is 0 Å². The Bertz CT molecular complexity index is 432. The van der Waals surface area contributed by atoms with E-state index >= 15 is 0 Å². The lowest BCUT2D eigenvalue weighted by Crippen LogP contribution is -2.08. The number of aromatic nitrogens is 2. The van der Waals surface area contributed by atoms with Crippen LogP contribution in [0.1, 0.15) is 24.5 Å². The Morgan fingerprint density at radius 2 is 2.27 bits per heavy atom. The second-order valence-electron chi connectivity index (χ2n) is 2.99. The van der Waals surface area contributed by atoms with Crippen LogP contribution in [0.4, 0.5) is 0 Å². The molecule has 0 aromatic carbocycles. The lowest BCUT2D eigenvalue weighted by atomic mass is 10.3. The van der Waals surface area contributed by atoms with E-state index in [9.17, 15) is 13.0 Å². The molecule has 1 heterocycles. The second-order valence-corrected chi connectivity index (χ2v) is 4.39. The van der Waals surface area contributed by atoms with E-state index in [-0.39, 0.29) is 11.8 Å². The van der Waals surface area contributed by atoms with E-state index in [1.165, 1.54) is 19.4 Å². The minimum Gasteiger partial charge on any atom is -0.748 e. The third-order valence-corrected chi connectivity index (χ3v) is 2.42. The number of nitrogens with zero attached hydrogens (tertiary/aromatic N) is 2. The maximum Gasteiger partial charge on any atom is 0.157 e. The number of rotatable bonds is 4. The van der Waals surface area contributed by atoms with Gasteiger partial charge >= 0.3 is 0 Å². The van der Waals surface area contributed by atoms with Crippen LogP contribution in [0, 0.1) is 0 Å². The van der Waals surface area contributed by atoms with Crippen LogP contribution in [-0.4, -0.2) is 30.0 Å². The van der Waals surface area contributed by atoms with Gasteiger partial charge in [0.1, 0.15) is 16.2 Å². The lowest BCUT2D eigenvalue weighted by Gasteiger charge is -2.10. The van der Waals surface area contributed by atoms with Gasteiger partial charge in [0.05, 0.1) is 11.4 Å². The van der Waals surface area contributed by atoms with E-state index in [0.29, 0.717) is 5.82 Å². The summed E-state index contributed by atoms with van der Waals surface area (Å²) < 4.78 is 36.5. The topological polar surface area (TPSA) is 92.2 Å². The van der Waals surface area contributed by atoms with Crippen LogP contribution in [0.3, 0.4) is 0 Å². The summed E-state index contributed by atoms with van der Waals surface area (Å²) in [5.74, 6) is -0.266. The summed E-state index contributed by atoms with van der Waals surface area (Å²) in [4.78, 5) is 7.82. The molecule has 0 N–H and O–H groups in total. The molecule has 15 heavy (non-hydrogen) atoms. The van der Waals surface area contributed by atoms with E-state index in [0.717, 1.165) is 0 Å². The highest BCUT2D eigenvalue weighted by Gasteiger charge is 2.08. The summed E-state index contributed by atoms with van der Waals surface area (Å²) in [6.45, 7) is 1.73. The highest BCUT2D eigenvalue weighted by atomic mass is 32.2. The van der Waals surface area contributed by atoms with Crippen molar-refractivity contribution in [2.75, 3.05) is 7.11 Å². The maximum absolute atomic E-state index is 10.5. The van der Waals surface area contributed by atoms with Crippen LogP contribution in [0.15, 0.2) is 12.3 Å². The highest BCUT2D eigenvalue weighted by molar-refractivity contribution is 7.84. The van der Waals surface area contributed by atoms with Gasteiger partial charge in [0.25, 0.3) is 0 Å². The zero-order chi connectivity index (χ0) is 11.5. The molecule has 1 aromatic rings. The molecule has 1 aromatic heterocycles. The van der Waals surface area contributed by atoms with Gasteiger partial charge in [-0.1, -0.05) is 0 Å². The summed E-state index contributed by atoms with van der Waals surface area (Å²) in [5.41, 5.74) is 0.180. The number of ether oxygens (including phenoxy) is 1. The molecule has 0 radical (unpaired) electrons.